The molecule has 0 amide bonds. The Hall–Kier alpha value is -2.78. The number of ether oxygens (including phenoxy) is 1. The Balaban J connectivity index is 1.67. The summed E-state index contributed by atoms with van der Waals surface area (Å²) in [5.41, 5.74) is 0.713. The van der Waals surface area contributed by atoms with E-state index in [1.807, 2.05) is 6.92 Å². The molecule has 0 aliphatic rings. The molecule has 0 unspecified atom stereocenters. The molecular weight excluding hydrogens is 361 g/mol. The monoisotopic (exact) mass is 377 g/mol. The zero-order chi connectivity index (χ0) is 18.6. The molecule has 0 bridgehead atoms. The van der Waals surface area contributed by atoms with Gasteiger partial charge in [0, 0.05) is 5.56 Å². The Labute approximate surface area is 149 Å². The smallest absolute Gasteiger partial charge is 0.242 e. The van der Waals surface area contributed by atoms with E-state index < -0.39 is 15.8 Å². The number of rotatable bonds is 7. The molecular formula is C17H16FN3O4S. The minimum atomic E-state index is -3.80. The van der Waals surface area contributed by atoms with Crippen LogP contribution in [0.5, 0.6) is 5.75 Å². The lowest BCUT2D eigenvalue weighted by molar-refractivity contribution is 0.340. The van der Waals surface area contributed by atoms with Crippen LogP contribution in [0.4, 0.5) is 4.39 Å². The van der Waals surface area contributed by atoms with Gasteiger partial charge in [0.25, 0.3) is 0 Å². The lowest BCUT2D eigenvalue weighted by Gasteiger charge is -2.04. The van der Waals surface area contributed by atoms with Gasteiger partial charge in [0.1, 0.15) is 11.6 Å². The summed E-state index contributed by atoms with van der Waals surface area (Å²) in [5, 5.41) is 3.84. The van der Waals surface area contributed by atoms with Crippen LogP contribution in [0.2, 0.25) is 0 Å². The number of halogens is 1. The van der Waals surface area contributed by atoms with E-state index in [4.69, 9.17) is 9.26 Å². The maximum atomic E-state index is 12.9. The van der Waals surface area contributed by atoms with E-state index in [1.165, 1.54) is 12.1 Å². The Morgan fingerprint density at radius 1 is 1.12 bits per heavy atom. The van der Waals surface area contributed by atoms with Gasteiger partial charge in [-0.2, -0.15) is 4.98 Å². The van der Waals surface area contributed by atoms with Crippen LogP contribution in [-0.4, -0.2) is 25.2 Å². The first kappa shape index (κ1) is 18.0. The van der Waals surface area contributed by atoms with Crippen LogP contribution < -0.4 is 9.46 Å². The van der Waals surface area contributed by atoms with Gasteiger partial charge in [-0.15, -0.1) is 0 Å². The first-order valence-electron chi connectivity index (χ1n) is 7.79. The third kappa shape index (κ3) is 4.24. The number of benzene rings is 2. The number of nitrogens with zero attached hydrogens (tertiary/aromatic N) is 2. The molecule has 0 aliphatic carbocycles. The van der Waals surface area contributed by atoms with Crippen LogP contribution in [0.3, 0.4) is 0 Å². The fourth-order valence-corrected chi connectivity index (χ4v) is 3.14. The number of nitrogens with one attached hydrogen (secondary N) is 1. The average Bonchev–Trinajstić information content (AvgIpc) is 3.11. The second kappa shape index (κ2) is 7.63. The van der Waals surface area contributed by atoms with Crippen LogP contribution in [0.25, 0.3) is 11.4 Å². The molecule has 0 aliphatic heterocycles. The van der Waals surface area contributed by atoms with Crippen molar-refractivity contribution in [3.63, 3.8) is 0 Å². The van der Waals surface area contributed by atoms with Gasteiger partial charge in [0.15, 0.2) is 0 Å². The van der Waals surface area contributed by atoms with Crippen LogP contribution >= 0.6 is 0 Å². The second-order valence-electron chi connectivity index (χ2n) is 5.25. The molecule has 7 nitrogen and oxygen atoms in total. The minimum Gasteiger partial charge on any atom is -0.494 e. The summed E-state index contributed by atoms with van der Waals surface area (Å²) in [6.45, 7) is 2.29. The molecule has 2 aromatic carbocycles. The first-order valence-corrected chi connectivity index (χ1v) is 9.27. The van der Waals surface area contributed by atoms with Gasteiger partial charge in [0.2, 0.25) is 21.7 Å². The number of aromatic nitrogens is 2. The highest BCUT2D eigenvalue weighted by atomic mass is 32.2. The van der Waals surface area contributed by atoms with Gasteiger partial charge in [-0.1, -0.05) is 5.16 Å². The zero-order valence-corrected chi connectivity index (χ0v) is 14.7. The Morgan fingerprint density at radius 3 is 2.46 bits per heavy atom. The molecule has 1 heterocycles. The SMILES string of the molecule is CCOc1ccc(-c2noc(CNS(=O)(=O)c3ccc(F)cc3)n2)cc1. The van der Waals surface area contributed by atoms with Gasteiger partial charge in [-0.05, 0) is 55.5 Å². The number of hydrogen-bond donors (Lipinski definition) is 1. The van der Waals surface area contributed by atoms with E-state index in [2.05, 4.69) is 14.9 Å². The van der Waals surface area contributed by atoms with Crippen molar-refractivity contribution in [1.29, 1.82) is 0 Å². The molecule has 1 aromatic heterocycles. The molecule has 0 spiro atoms. The molecule has 0 fully saturated rings. The van der Waals surface area contributed by atoms with E-state index in [-0.39, 0.29) is 17.3 Å². The second-order valence-corrected chi connectivity index (χ2v) is 7.01. The molecule has 3 aromatic rings. The molecule has 0 saturated heterocycles. The zero-order valence-electron chi connectivity index (χ0n) is 13.8. The molecule has 9 heteroatoms. The van der Waals surface area contributed by atoms with Crippen LogP contribution in [0.1, 0.15) is 12.8 Å². The van der Waals surface area contributed by atoms with Gasteiger partial charge >= 0.3 is 0 Å². The summed E-state index contributed by atoms with van der Waals surface area (Å²) in [6.07, 6.45) is 0. The van der Waals surface area contributed by atoms with Crippen molar-refractivity contribution >= 4 is 10.0 Å². The van der Waals surface area contributed by atoms with Crippen LogP contribution in [-0.2, 0) is 16.6 Å². The summed E-state index contributed by atoms with van der Waals surface area (Å²) in [5.74, 6) is 0.663. The van der Waals surface area contributed by atoms with E-state index in [1.54, 1.807) is 24.3 Å². The topological polar surface area (TPSA) is 94.3 Å². The fraction of sp³-hybridized carbons (Fsp3) is 0.176. The van der Waals surface area contributed by atoms with Crippen molar-refractivity contribution < 1.29 is 22.1 Å². The normalized spacial score (nSPS) is 11.5. The molecule has 0 radical (unpaired) electrons. The lowest BCUT2D eigenvalue weighted by Crippen LogP contribution is -2.23. The number of hydrogen-bond acceptors (Lipinski definition) is 6. The predicted octanol–water partition coefficient (Wildman–Crippen LogP) is 2.75. The average molecular weight is 377 g/mol. The van der Waals surface area contributed by atoms with Crippen molar-refractivity contribution in [2.75, 3.05) is 6.61 Å². The summed E-state index contributed by atoms with van der Waals surface area (Å²) in [6, 6.07) is 11.6. The maximum absolute atomic E-state index is 12.9. The highest BCUT2D eigenvalue weighted by Gasteiger charge is 2.16. The minimum absolute atomic E-state index is 0.0508. The third-order valence-corrected chi connectivity index (χ3v) is 4.85. The summed E-state index contributed by atoms with van der Waals surface area (Å²) in [4.78, 5) is 4.11. The first-order chi connectivity index (χ1) is 12.5. The quantitative estimate of drug-likeness (QED) is 0.680. The molecule has 1 N–H and O–H groups in total. The maximum Gasteiger partial charge on any atom is 0.242 e. The molecule has 136 valence electrons. The van der Waals surface area contributed by atoms with Crippen molar-refractivity contribution in [2.45, 2.75) is 18.4 Å². The highest BCUT2D eigenvalue weighted by Crippen LogP contribution is 2.20. The Bertz CT molecular complexity index is 970. The molecule has 0 saturated carbocycles. The van der Waals surface area contributed by atoms with Crippen LogP contribution in [0.15, 0.2) is 57.9 Å². The molecule has 0 atom stereocenters. The standard InChI is InChI=1S/C17H16FN3O4S/c1-2-24-14-7-3-12(4-8-14)17-20-16(25-21-17)11-19-26(22,23)15-9-5-13(18)6-10-15/h3-10,19H,2,11H2,1H3. The predicted molar refractivity (Wildman–Crippen MR) is 91.3 cm³/mol. The number of sulfonamides is 1. The van der Waals surface area contributed by atoms with E-state index in [0.29, 0.717) is 18.0 Å². The van der Waals surface area contributed by atoms with E-state index in [0.717, 1.165) is 17.9 Å². The van der Waals surface area contributed by atoms with E-state index >= 15 is 0 Å². The largest absolute Gasteiger partial charge is 0.494 e. The summed E-state index contributed by atoms with van der Waals surface area (Å²) >= 11 is 0. The van der Waals surface area contributed by atoms with Crippen molar-refractivity contribution in [3.8, 4) is 17.1 Å². The fourth-order valence-electron chi connectivity index (χ4n) is 2.16. The van der Waals surface area contributed by atoms with Gasteiger partial charge in [-0.3, -0.25) is 0 Å². The third-order valence-electron chi connectivity index (χ3n) is 3.43. The summed E-state index contributed by atoms with van der Waals surface area (Å²) in [7, 11) is -3.80. The summed E-state index contributed by atoms with van der Waals surface area (Å²) < 4.78 is 50.0. The van der Waals surface area contributed by atoms with Gasteiger partial charge in [-0.25, -0.2) is 17.5 Å². The van der Waals surface area contributed by atoms with Gasteiger partial charge in [0.05, 0.1) is 18.0 Å². The van der Waals surface area contributed by atoms with Crippen molar-refractivity contribution in [3.05, 3.63) is 60.2 Å². The Kier molecular flexibility index (Phi) is 5.29. The van der Waals surface area contributed by atoms with Gasteiger partial charge < -0.3 is 9.26 Å². The molecule has 3 rings (SSSR count). The van der Waals surface area contributed by atoms with Crippen molar-refractivity contribution in [1.82, 2.24) is 14.9 Å². The lowest BCUT2D eigenvalue weighted by atomic mass is 10.2. The van der Waals surface area contributed by atoms with Crippen LogP contribution in [0, 0.1) is 5.82 Å². The Morgan fingerprint density at radius 2 is 1.81 bits per heavy atom. The van der Waals surface area contributed by atoms with E-state index in [9.17, 15) is 12.8 Å². The van der Waals surface area contributed by atoms with Crippen molar-refractivity contribution in [2.24, 2.45) is 0 Å². The molecule has 26 heavy (non-hydrogen) atoms. The highest BCUT2D eigenvalue weighted by molar-refractivity contribution is 7.89.